The molecule has 3 rings (SSSR count). The lowest BCUT2D eigenvalue weighted by molar-refractivity contribution is 0.0697. The third-order valence-corrected chi connectivity index (χ3v) is 4.35. The number of hydrogen-bond donors (Lipinski definition) is 1. The van der Waals surface area contributed by atoms with Crippen molar-refractivity contribution in [2.24, 2.45) is 0 Å². The molecule has 4 heteroatoms. The van der Waals surface area contributed by atoms with Gasteiger partial charge in [-0.1, -0.05) is 42.5 Å². The van der Waals surface area contributed by atoms with Crippen molar-refractivity contribution in [2.75, 3.05) is 0 Å². The second kappa shape index (κ2) is 7.12. The zero-order valence-electron chi connectivity index (χ0n) is 14.6. The van der Waals surface area contributed by atoms with Crippen molar-refractivity contribution in [1.29, 1.82) is 5.26 Å². The largest absolute Gasteiger partial charge is 0.478 e. The van der Waals surface area contributed by atoms with Gasteiger partial charge in [0, 0.05) is 11.4 Å². The number of hydrogen-bond acceptors (Lipinski definition) is 2. The summed E-state index contributed by atoms with van der Waals surface area (Å²) in [4.78, 5) is 11.6. The van der Waals surface area contributed by atoms with Gasteiger partial charge in [-0.2, -0.15) is 5.26 Å². The number of benzene rings is 2. The molecule has 1 N–H and O–H groups in total. The maximum atomic E-state index is 11.6. The summed E-state index contributed by atoms with van der Waals surface area (Å²) in [7, 11) is 0. The van der Waals surface area contributed by atoms with Crippen molar-refractivity contribution >= 4 is 17.6 Å². The van der Waals surface area contributed by atoms with Crippen LogP contribution in [0.25, 0.3) is 17.3 Å². The molecule has 128 valence electrons. The predicted octanol–water partition coefficient (Wildman–Crippen LogP) is 4.86. The smallest absolute Gasteiger partial charge is 0.337 e. The summed E-state index contributed by atoms with van der Waals surface area (Å²) in [6.45, 7) is 3.86. The molecule has 0 aliphatic carbocycles. The second-order valence-electron chi connectivity index (χ2n) is 6.02. The van der Waals surface area contributed by atoms with Crippen molar-refractivity contribution in [1.82, 2.24) is 4.57 Å². The number of aromatic carboxylic acids is 1. The number of rotatable bonds is 4. The molecule has 0 aliphatic rings. The van der Waals surface area contributed by atoms with Gasteiger partial charge in [-0.3, -0.25) is 0 Å². The van der Waals surface area contributed by atoms with Gasteiger partial charge < -0.3 is 9.67 Å². The highest BCUT2D eigenvalue weighted by Gasteiger charge is 2.16. The summed E-state index contributed by atoms with van der Waals surface area (Å²) < 4.78 is 1.91. The number of carbonyl (C=O) groups is 1. The van der Waals surface area contributed by atoms with Crippen LogP contribution in [-0.4, -0.2) is 15.6 Å². The average molecular weight is 342 g/mol. The van der Waals surface area contributed by atoms with Crippen LogP contribution in [-0.2, 0) is 0 Å². The SMILES string of the molecule is Cc1cc(/C=C(\C#N)c2ccccc2)c(C)n1-c1ccccc1C(=O)O. The van der Waals surface area contributed by atoms with Gasteiger partial charge in [0.05, 0.1) is 22.9 Å². The number of aromatic nitrogens is 1. The fraction of sp³-hybridized carbons (Fsp3) is 0.0909. The highest BCUT2D eigenvalue weighted by molar-refractivity contribution is 5.93. The molecule has 0 aliphatic heterocycles. The molecule has 4 nitrogen and oxygen atoms in total. The standard InChI is InChI=1S/C22H18N2O2/c1-15-12-18(13-19(14-23)17-8-4-3-5-9-17)16(2)24(15)21-11-7-6-10-20(21)22(25)26/h3-13H,1-2H3,(H,25,26)/b19-13+. The Morgan fingerprint density at radius 1 is 1.08 bits per heavy atom. The Morgan fingerprint density at radius 3 is 2.38 bits per heavy atom. The Labute approximate surface area is 152 Å². The summed E-state index contributed by atoms with van der Waals surface area (Å²) >= 11 is 0. The molecule has 0 spiro atoms. The molecule has 0 atom stereocenters. The van der Waals surface area contributed by atoms with Crippen molar-refractivity contribution in [3.8, 4) is 11.8 Å². The van der Waals surface area contributed by atoms with Gasteiger partial charge in [0.15, 0.2) is 0 Å². The van der Waals surface area contributed by atoms with Crippen molar-refractivity contribution in [2.45, 2.75) is 13.8 Å². The first-order valence-electron chi connectivity index (χ1n) is 8.21. The molecule has 0 unspecified atom stereocenters. The number of nitrogens with zero attached hydrogens (tertiary/aromatic N) is 2. The minimum absolute atomic E-state index is 0.244. The monoisotopic (exact) mass is 342 g/mol. The highest BCUT2D eigenvalue weighted by atomic mass is 16.4. The van der Waals surface area contributed by atoms with Gasteiger partial charge in [-0.15, -0.1) is 0 Å². The van der Waals surface area contributed by atoms with E-state index < -0.39 is 5.97 Å². The van der Waals surface area contributed by atoms with Crippen molar-refractivity contribution in [3.63, 3.8) is 0 Å². The lowest BCUT2D eigenvalue weighted by Crippen LogP contribution is -2.07. The Morgan fingerprint density at radius 2 is 1.73 bits per heavy atom. The highest BCUT2D eigenvalue weighted by Crippen LogP contribution is 2.27. The first kappa shape index (κ1) is 17.2. The molecule has 0 amide bonds. The van der Waals surface area contributed by atoms with E-state index in [4.69, 9.17) is 0 Å². The lowest BCUT2D eigenvalue weighted by Gasteiger charge is -2.12. The molecule has 1 aromatic heterocycles. The molecule has 0 fully saturated rings. The van der Waals surface area contributed by atoms with Gasteiger partial charge >= 0.3 is 5.97 Å². The Kier molecular flexibility index (Phi) is 4.72. The van der Waals surface area contributed by atoms with Crippen LogP contribution < -0.4 is 0 Å². The number of carboxylic acid groups (broad SMARTS) is 1. The van der Waals surface area contributed by atoms with Crippen molar-refractivity contribution in [3.05, 3.63) is 88.7 Å². The van der Waals surface area contributed by atoms with Crippen LogP contribution in [0, 0.1) is 25.2 Å². The second-order valence-corrected chi connectivity index (χ2v) is 6.02. The van der Waals surface area contributed by atoms with E-state index >= 15 is 0 Å². The molecule has 0 saturated heterocycles. The minimum Gasteiger partial charge on any atom is -0.478 e. The maximum Gasteiger partial charge on any atom is 0.337 e. The number of aryl methyl sites for hydroxylation is 1. The third-order valence-electron chi connectivity index (χ3n) is 4.35. The van der Waals surface area contributed by atoms with Gasteiger partial charge in [-0.05, 0) is 49.2 Å². The van der Waals surface area contributed by atoms with Gasteiger partial charge in [-0.25, -0.2) is 4.79 Å². The molecule has 26 heavy (non-hydrogen) atoms. The Hall–Kier alpha value is -3.58. The quantitative estimate of drug-likeness (QED) is 0.689. The molecule has 0 saturated carbocycles. The van der Waals surface area contributed by atoms with Crippen LogP contribution >= 0.6 is 0 Å². The maximum absolute atomic E-state index is 11.6. The molecule has 3 aromatic rings. The van der Waals surface area contributed by atoms with E-state index in [-0.39, 0.29) is 5.56 Å². The molecule has 0 radical (unpaired) electrons. The molecular weight excluding hydrogens is 324 g/mol. The molecular formula is C22H18N2O2. The summed E-state index contributed by atoms with van der Waals surface area (Å²) in [6, 6.07) is 20.6. The van der Waals surface area contributed by atoms with Crippen LogP contribution in [0.1, 0.15) is 32.9 Å². The Bertz CT molecular complexity index is 1040. The van der Waals surface area contributed by atoms with E-state index in [1.807, 2.05) is 67.0 Å². The number of nitriles is 1. The lowest BCUT2D eigenvalue weighted by atomic mass is 10.0. The fourth-order valence-corrected chi connectivity index (χ4v) is 3.11. The van der Waals surface area contributed by atoms with Crippen molar-refractivity contribution < 1.29 is 9.90 Å². The van der Waals surface area contributed by atoms with Gasteiger partial charge in [0.2, 0.25) is 0 Å². The van der Waals surface area contributed by atoms with E-state index in [2.05, 4.69) is 6.07 Å². The number of para-hydroxylation sites is 1. The summed E-state index contributed by atoms with van der Waals surface area (Å²) in [5, 5.41) is 19.0. The summed E-state index contributed by atoms with van der Waals surface area (Å²) in [5.41, 5.74) is 4.97. The van der Waals surface area contributed by atoms with Crippen LogP contribution in [0.5, 0.6) is 0 Å². The fourth-order valence-electron chi connectivity index (χ4n) is 3.11. The number of carboxylic acids is 1. The first-order chi connectivity index (χ1) is 12.5. The third kappa shape index (κ3) is 3.15. The zero-order valence-corrected chi connectivity index (χ0v) is 14.6. The van der Waals surface area contributed by atoms with Crippen LogP contribution in [0.15, 0.2) is 60.7 Å². The topological polar surface area (TPSA) is 66.0 Å². The average Bonchev–Trinajstić information content (AvgIpc) is 2.93. The first-order valence-corrected chi connectivity index (χ1v) is 8.21. The predicted molar refractivity (Wildman–Crippen MR) is 102 cm³/mol. The van der Waals surface area contributed by atoms with Crippen LogP contribution in [0.2, 0.25) is 0 Å². The van der Waals surface area contributed by atoms with Gasteiger partial charge in [0.25, 0.3) is 0 Å². The molecule has 1 heterocycles. The summed E-state index contributed by atoms with van der Waals surface area (Å²) in [5.74, 6) is -0.966. The summed E-state index contributed by atoms with van der Waals surface area (Å²) in [6.07, 6.45) is 1.84. The molecule has 2 aromatic carbocycles. The normalized spacial score (nSPS) is 11.2. The van der Waals surface area contributed by atoms with E-state index in [0.29, 0.717) is 11.3 Å². The van der Waals surface area contributed by atoms with Crippen LogP contribution in [0.4, 0.5) is 0 Å². The van der Waals surface area contributed by atoms with Gasteiger partial charge in [0.1, 0.15) is 0 Å². The van der Waals surface area contributed by atoms with Crippen LogP contribution in [0.3, 0.4) is 0 Å². The van der Waals surface area contributed by atoms with E-state index in [0.717, 1.165) is 22.5 Å². The minimum atomic E-state index is -0.966. The number of allylic oxidation sites excluding steroid dienone is 1. The molecule has 0 bridgehead atoms. The van der Waals surface area contributed by atoms with E-state index in [1.165, 1.54) is 0 Å². The van der Waals surface area contributed by atoms with E-state index in [9.17, 15) is 15.2 Å². The zero-order chi connectivity index (χ0) is 18.7. The Balaban J connectivity index is 2.15. The van der Waals surface area contributed by atoms with E-state index in [1.54, 1.807) is 18.2 Å².